The maximum absolute atomic E-state index is 14.5. The summed E-state index contributed by atoms with van der Waals surface area (Å²) in [6.07, 6.45) is 0.197. The molecule has 12 heteroatoms. The van der Waals surface area contributed by atoms with Gasteiger partial charge in [0, 0.05) is 35.6 Å². The molecule has 1 N–H and O–H groups in total. The van der Waals surface area contributed by atoms with Gasteiger partial charge in [-0.15, -0.1) is 0 Å². The molecule has 0 saturated carbocycles. The molecule has 0 aliphatic heterocycles. The normalized spacial score (nSPS) is 11.8. The minimum Gasteiger partial charge on any atom is -0.493 e. The summed E-state index contributed by atoms with van der Waals surface area (Å²) in [4.78, 5) is 29.3. The number of ether oxygens (including phenoxy) is 2. The molecule has 2 amide bonds. The SMILES string of the molecule is CCNC(=O)[C@@H](Cc1ccccc1)N(Cc1cccc(Cl)c1)C(=O)CN(c1ccc(Cl)cc1)S(=O)(=O)c1ccc(OC)c(OC)c1. The summed E-state index contributed by atoms with van der Waals surface area (Å²) in [5.41, 5.74) is 1.70. The Morgan fingerprint density at radius 1 is 0.804 bits per heavy atom. The van der Waals surface area contributed by atoms with Crippen molar-refractivity contribution in [3.05, 3.63) is 118 Å². The van der Waals surface area contributed by atoms with Gasteiger partial charge in [0.2, 0.25) is 11.8 Å². The zero-order valence-electron chi connectivity index (χ0n) is 25.7. The molecule has 4 rings (SSSR count). The fraction of sp³-hybridized carbons (Fsp3) is 0.235. The van der Waals surface area contributed by atoms with E-state index in [0.29, 0.717) is 27.9 Å². The molecule has 0 bridgehead atoms. The van der Waals surface area contributed by atoms with Gasteiger partial charge in [0.05, 0.1) is 24.8 Å². The van der Waals surface area contributed by atoms with Gasteiger partial charge in [0.1, 0.15) is 12.6 Å². The molecule has 4 aromatic carbocycles. The van der Waals surface area contributed by atoms with Crippen LogP contribution < -0.4 is 19.1 Å². The molecule has 0 unspecified atom stereocenters. The van der Waals surface area contributed by atoms with Crippen molar-refractivity contribution in [1.82, 2.24) is 10.2 Å². The number of sulfonamides is 1. The second kappa shape index (κ2) is 15.8. The second-order valence-electron chi connectivity index (χ2n) is 10.3. The van der Waals surface area contributed by atoms with E-state index in [1.807, 2.05) is 30.3 Å². The highest BCUT2D eigenvalue weighted by Crippen LogP contribution is 2.33. The van der Waals surface area contributed by atoms with Crippen LogP contribution in [0.5, 0.6) is 11.5 Å². The van der Waals surface area contributed by atoms with Crippen molar-refractivity contribution in [3.8, 4) is 11.5 Å². The number of likely N-dealkylation sites (N-methyl/N-ethyl adjacent to an activating group) is 1. The lowest BCUT2D eigenvalue weighted by atomic mass is 10.0. The lowest BCUT2D eigenvalue weighted by molar-refractivity contribution is -0.140. The summed E-state index contributed by atoms with van der Waals surface area (Å²) in [6.45, 7) is 1.51. The molecule has 4 aromatic rings. The van der Waals surface area contributed by atoms with E-state index in [2.05, 4.69) is 5.32 Å². The Bertz CT molecular complexity index is 1750. The van der Waals surface area contributed by atoms with Crippen molar-refractivity contribution in [1.29, 1.82) is 0 Å². The summed E-state index contributed by atoms with van der Waals surface area (Å²) in [6, 6.07) is 25.6. The predicted molar refractivity (Wildman–Crippen MR) is 180 cm³/mol. The van der Waals surface area contributed by atoms with Crippen LogP contribution in [0.2, 0.25) is 10.0 Å². The number of hydrogen-bond donors (Lipinski definition) is 1. The molecule has 242 valence electrons. The van der Waals surface area contributed by atoms with Crippen LogP contribution in [-0.2, 0) is 32.6 Å². The lowest BCUT2D eigenvalue weighted by Gasteiger charge is -2.34. The van der Waals surface area contributed by atoms with Crippen LogP contribution >= 0.6 is 23.2 Å². The molecule has 1 atom stereocenters. The highest BCUT2D eigenvalue weighted by atomic mass is 35.5. The number of nitrogens with one attached hydrogen (secondary N) is 1. The molecule has 46 heavy (non-hydrogen) atoms. The summed E-state index contributed by atoms with van der Waals surface area (Å²) in [5, 5.41) is 3.69. The van der Waals surface area contributed by atoms with Crippen molar-refractivity contribution in [2.75, 3.05) is 31.6 Å². The van der Waals surface area contributed by atoms with Gasteiger partial charge in [-0.2, -0.15) is 0 Å². The van der Waals surface area contributed by atoms with Crippen LogP contribution in [-0.4, -0.2) is 58.5 Å². The van der Waals surface area contributed by atoms with Crippen molar-refractivity contribution in [3.63, 3.8) is 0 Å². The first kappa shape index (κ1) is 34.6. The summed E-state index contributed by atoms with van der Waals surface area (Å²) in [7, 11) is -1.52. The fourth-order valence-corrected chi connectivity index (χ4v) is 6.69. The number of methoxy groups -OCH3 is 2. The zero-order chi connectivity index (χ0) is 33.3. The first-order chi connectivity index (χ1) is 22.1. The third-order valence-corrected chi connectivity index (χ3v) is 9.46. The monoisotopic (exact) mass is 683 g/mol. The van der Waals surface area contributed by atoms with E-state index in [9.17, 15) is 18.0 Å². The first-order valence-corrected chi connectivity index (χ1v) is 16.6. The molecule has 0 heterocycles. The number of amides is 2. The third kappa shape index (κ3) is 8.51. The smallest absolute Gasteiger partial charge is 0.264 e. The summed E-state index contributed by atoms with van der Waals surface area (Å²) in [5.74, 6) is -0.435. The van der Waals surface area contributed by atoms with Crippen molar-refractivity contribution in [2.45, 2.75) is 30.8 Å². The Balaban J connectivity index is 1.82. The third-order valence-electron chi connectivity index (χ3n) is 7.20. The first-order valence-electron chi connectivity index (χ1n) is 14.4. The summed E-state index contributed by atoms with van der Waals surface area (Å²) < 4.78 is 40.2. The molecule has 0 radical (unpaired) electrons. The van der Waals surface area contributed by atoms with E-state index in [1.54, 1.807) is 31.2 Å². The Kier molecular flexibility index (Phi) is 11.9. The standard InChI is InChI=1S/C34H35Cl2N3O6S/c1-4-37-34(41)30(20-24-9-6-5-7-10-24)38(22-25-11-8-12-27(36)19-25)33(40)23-39(28-15-13-26(35)14-16-28)46(42,43)29-17-18-31(44-2)32(21-29)45-3/h5-19,21,30H,4,20,22-23H2,1-3H3,(H,37,41)/t30-/m1/s1. The van der Waals surface area contributed by atoms with Crippen LogP contribution in [0.3, 0.4) is 0 Å². The minimum atomic E-state index is -4.36. The number of benzene rings is 4. The minimum absolute atomic E-state index is 0.00110. The van der Waals surface area contributed by atoms with E-state index in [4.69, 9.17) is 32.7 Å². The molecule has 0 saturated heterocycles. The highest BCUT2D eigenvalue weighted by Gasteiger charge is 2.35. The van der Waals surface area contributed by atoms with Gasteiger partial charge in [-0.1, -0.05) is 65.7 Å². The van der Waals surface area contributed by atoms with Crippen molar-refractivity contribution < 1.29 is 27.5 Å². The van der Waals surface area contributed by atoms with Crippen LogP contribution in [0.1, 0.15) is 18.1 Å². The van der Waals surface area contributed by atoms with Crippen molar-refractivity contribution >= 4 is 50.7 Å². The number of halogens is 2. The average Bonchev–Trinajstić information content (AvgIpc) is 3.05. The topological polar surface area (TPSA) is 105 Å². The number of rotatable bonds is 14. The van der Waals surface area contributed by atoms with E-state index in [0.717, 1.165) is 9.87 Å². The fourth-order valence-electron chi connectivity index (χ4n) is 4.92. The molecule has 9 nitrogen and oxygen atoms in total. The molecular formula is C34H35Cl2N3O6S. The second-order valence-corrected chi connectivity index (χ2v) is 13.0. The van der Waals surface area contributed by atoms with Gasteiger partial charge >= 0.3 is 0 Å². The van der Waals surface area contributed by atoms with Gasteiger partial charge < -0.3 is 19.7 Å². The molecular weight excluding hydrogens is 649 g/mol. The zero-order valence-corrected chi connectivity index (χ0v) is 28.0. The Hall–Kier alpha value is -4.25. The molecule has 0 fully saturated rings. The average molecular weight is 685 g/mol. The lowest BCUT2D eigenvalue weighted by Crippen LogP contribution is -2.53. The van der Waals surface area contributed by atoms with E-state index >= 15 is 0 Å². The van der Waals surface area contributed by atoms with Crippen molar-refractivity contribution in [2.24, 2.45) is 0 Å². The van der Waals surface area contributed by atoms with Crippen LogP contribution in [0.15, 0.2) is 102 Å². The Labute approximate surface area is 279 Å². The summed E-state index contributed by atoms with van der Waals surface area (Å²) >= 11 is 12.4. The number of hydrogen-bond acceptors (Lipinski definition) is 6. The van der Waals surface area contributed by atoms with Crippen LogP contribution in [0.4, 0.5) is 5.69 Å². The quantitative estimate of drug-likeness (QED) is 0.175. The van der Waals surface area contributed by atoms with Gasteiger partial charge in [-0.05, 0) is 66.6 Å². The Morgan fingerprint density at radius 3 is 2.11 bits per heavy atom. The molecule has 0 aliphatic rings. The van der Waals surface area contributed by atoms with Gasteiger partial charge in [0.25, 0.3) is 10.0 Å². The maximum atomic E-state index is 14.5. The van der Waals surface area contributed by atoms with E-state index in [-0.39, 0.29) is 35.2 Å². The largest absolute Gasteiger partial charge is 0.493 e. The molecule has 0 spiro atoms. The van der Waals surface area contributed by atoms with Crippen LogP contribution in [0, 0.1) is 0 Å². The van der Waals surface area contributed by atoms with Gasteiger partial charge in [-0.25, -0.2) is 8.42 Å². The van der Waals surface area contributed by atoms with E-state index in [1.165, 1.54) is 61.6 Å². The number of carbonyl (C=O) groups is 2. The highest BCUT2D eigenvalue weighted by molar-refractivity contribution is 7.92. The molecule has 0 aromatic heterocycles. The Morgan fingerprint density at radius 2 is 1.48 bits per heavy atom. The maximum Gasteiger partial charge on any atom is 0.264 e. The molecule has 0 aliphatic carbocycles. The van der Waals surface area contributed by atoms with Gasteiger partial charge in [-0.3, -0.25) is 13.9 Å². The van der Waals surface area contributed by atoms with Gasteiger partial charge in [0.15, 0.2) is 11.5 Å². The number of anilines is 1. The number of nitrogens with zero attached hydrogens (tertiary/aromatic N) is 2. The van der Waals surface area contributed by atoms with E-state index < -0.39 is 28.5 Å². The van der Waals surface area contributed by atoms with Crippen LogP contribution in [0.25, 0.3) is 0 Å². The predicted octanol–water partition coefficient (Wildman–Crippen LogP) is 5.98. The number of carbonyl (C=O) groups excluding carboxylic acids is 2.